The number of amides is 1. The molecular formula is C14H24N2OS. The number of rotatable bonds is 4. The number of nitrogens with zero attached hydrogens (tertiary/aromatic N) is 1. The first-order valence-electron chi connectivity index (χ1n) is 7.18. The highest BCUT2D eigenvalue weighted by atomic mass is 32.1. The lowest BCUT2D eigenvalue weighted by Crippen LogP contribution is -2.46. The molecule has 2 atom stereocenters. The summed E-state index contributed by atoms with van der Waals surface area (Å²) in [5, 5.41) is 0. The Bertz CT molecular complexity index is 326. The molecule has 1 amide bonds. The van der Waals surface area contributed by atoms with Crippen molar-refractivity contribution in [1.29, 1.82) is 0 Å². The second-order valence-electron chi connectivity index (χ2n) is 5.89. The molecule has 0 saturated heterocycles. The van der Waals surface area contributed by atoms with E-state index in [4.69, 9.17) is 18.0 Å². The summed E-state index contributed by atoms with van der Waals surface area (Å²) >= 11 is 5.01. The van der Waals surface area contributed by atoms with E-state index in [0.717, 1.165) is 19.3 Å². The Balaban J connectivity index is 2.06. The molecule has 18 heavy (non-hydrogen) atoms. The van der Waals surface area contributed by atoms with Crippen molar-refractivity contribution in [2.75, 3.05) is 6.54 Å². The Morgan fingerprint density at radius 3 is 2.39 bits per heavy atom. The van der Waals surface area contributed by atoms with E-state index in [9.17, 15) is 4.79 Å². The van der Waals surface area contributed by atoms with Crippen LogP contribution >= 0.6 is 12.2 Å². The molecular weight excluding hydrogens is 244 g/mol. The fourth-order valence-corrected chi connectivity index (χ4v) is 3.64. The fourth-order valence-electron chi connectivity index (χ4n) is 3.50. The van der Waals surface area contributed by atoms with Crippen molar-refractivity contribution >= 4 is 23.1 Å². The molecule has 3 nitrogen and oxygen atoms in total. The van der Waals surface area contributed by atoms with E-state index >= 15 is 0 Å². The van der Waals surface area contributed by atoms with Gasteiger partial charge in [0.25, 0.3) is 0 Å². The highest BCUT2D eigenvalue weighted by molar-refractivity contribution is 7.80. The van der Waals surface area contributed by atoms with Crippen molar-refractivity contribution in [3.05, 3.63) is 0 Å². The maximum Gasteiger partial charge on any atom is 0.226 e. The van der Waals surface area contributed by atoms with Gasteiger partial charge in [-0.05, 0) is 31.6 Å². The highest BCUT2D eigenvalue weighted by Gasteiger charge is 2.36. The zero-order chi connectivity index (χ0) is 13.1. The van der Waals surface area contributed by atoms with E-state index in [1.165, 1.54) is 25.7 Å². The second kappa shape index (κ2) is 6.00. The SMILES string of the molecule is CC1CCCC1C(=O)N(CC(N)=S)C1CCCC1. The van der Waals surface area contributed by atoms with Crippen LogP contribution in [0.25, 0.3) is 0 Å². The largest absolute Gasteiger partial charge is 0.392 e. The van der Waals surface area contributed by atoms with E-state index in [2.05, 4.69) is 6.92 Å². The molecule has 0 aromatic rings. The quantitative estimate of drug-likeness (QED) is 0.797. The first-order chi connectivity index (χ1) is 8.59. The summed E-state index contributed by atoms with van der Waals surface area (Å²) in [6, 6.07) is 0.381. The maximum absolute atomic E-state index is 12.7. The van der Waals surface area contributed by atoms with Gasteiger partial charge in [0.05, 0.1) is 11.5 Å². The zero-order valence-corrected chi connectivity index (χ0v) is 12.0. The number of thiocarbonyl (C=S) groups is 1. The molecule has 0 spiro atoms. The highest BCUT2D eigenvalue weighted by Crippen LogP contribution is 2.34. The zero-order valence-electron chi connectivity index (χ0n) is 11.2. The predicted octanol–water partition coefficient (Wildman–Crippen LogP) is 2.48. The van der Waals surface area contributed by atoms with Gasteiger partial charge in [-0.1, -0.05) is 38.4 Å². The monoisotopic (exact) mass is 268 g/mol. The van der Waals surface area contributed by atoms with Crippen molar-refractivity contribution in [2.45, 2.75) is 57.9 Å². The molecule has 2 N–H and O–H groups in total. The Labute approximate surface area is 115 Å². The minimum absolute atomic E-state index is 0.208. The van der Waals surface area contributed by atoms with Crippen molar-refractivity contribution < 1.29 is 4.79 Å². The topological polar surface area (TPSA) is 46.3 Å². The summed E-state index contributed by atoms with van der Waals surface area (Å²) in [4.78, 5) is 15.1. The molecule has 0 aliphatic heterocycles. The van der Waals surface area contributed by atoms with E-state index < -0.39 is 0 Å². The van der Waals surface area contributed by atoms with Crippen molar-refractivity contribution in [2.24, 2.45) is 17.6 Å². The van der Waals surface area contributed by atoms with Gasteiger partial charge in [0.15, 0.2) is 0 Å². The standard InChI is InChI=1S/C14H24N2OS/c1-10-5-4-8-12(10)14(17)16(9-13(15)18)11-6-2-3-7-11/h10-12H,2-9H2,1H3,(H2,15,18). The van der Waals surface area contributed by atoms with Crippen molar-refractivity contribution in [3.63, 3.8) is 0 Å². The van der Waals surface area contributed by atoms with Crippen LogP contribution in [0.1, 0.15) is 51.9 Å². The smallest absolute Gasteiger partial charge is 0.226 e. The molecule has 0 aromatic heterocycles. The molecule has 2 unspecified atom stereocenters. The molecule has 0 bridgehead atoms. The van der Waals surface area contributed by atoms with Crippen LogP contribution < -0.4 is 5.73 Å². The summed E-state index contributed by atoms with van der Waals surface area (Å²) < 4.78 is 0. The van der Waals surface area contributed by atoms with Gasteiger partial charge in [0.1, 0.15) is 0 Å². The average molecular weight is 268 g/mol. The Morgan fingerprint density at radius 2 is 1.89 bits per heavy atom. The van der Waals surface area contributed by atoms with Crippen LogP contribution in [0.4, 0.5) is 0 Å². The van der Waals surface area contributed by atoms with Crippen molar-refractivity contribution in [3.8, 4) is 0 Å². The summed E-state index contributed by atoms with van der Waals surface area (Å²) in [5.74, 6) is 1.03. The van der Waals surface area contributed by atoms with E-state index in [1.54, 1.807) is 0 Å². The third-order valence-electron chi connectivity index (χ3n) is 4.55. The first-order valence-corrected chi connectivity index (χ1v) is 7.59. The lowest BCUT2D eigenvalue weighted by molar-refractivity contribution is -0.137. The van der Waals surface area contributed by atoms with Gasteiger partial charge < -0.3 is 10.6 Å². The molecule has 0 aromatic carbocycles. The molecule has 2 fully saturated rings. The van der Waals surface area contributed by atoms with Gasteiger partial charge in [-0.3, -0.25) is 4.79 Å². The average Bonchev–Trinajstić information content (AvgIpc) is 2.95. The van der Waals surface area contributed by atoms with Crippen LogP contribution in [0.15, 0.2) is 0 Å². The minimum Gasteiger partial charge on any atom is -0.392 e. The van der Waals surface area contributed by atoms with Crippen LogP contribution in [0.3, 0.4) is 0 Å². The van der Waals surface area contributed by atoms with Crippen LogP contribution in [0.2, 0.25) is 0 Å². The minimum atomic E-state index is 0.208. The molecule has 2 saturated carbocycles. The Morgan fingerprint density at radius 1 is 1.22 bits per heavy atom. The van der Waals surface area contributed by atoms with Gasteiger partial charge in [-0.25, -0.2) is 0 Å². The van der Waals surface area contributed by atoms with Crippen LogP contribution in [-0.2, 0) is 4.79 Å². The number of nitrogens with two attached hydrogens (primary N) is 1. The molecule has 102 valence electrons. The van der Waals surface area contributed by atoms with Gasteiger partial charge in [0, 0.05) is 12.0 Å². The number of hydrogen-bond acceptors (Lipinski definition) is 2. The van der Waals surface area contributed by atoms with Gasteiger partial charge >= 0.3 is 0 Å². The van der Waals surface area contributed by atoms with Gasteiger partial charge in [-0.2, -0.15) is 0 Å². The Kier molecular flexibility index (Phi) is 4.60. The predicted molar refractivity (Wildman–Crippen MR) is 77.3 cm³/mol. The summed E-state index contributed by atoms with van der Waals surface area (Å²) in [6.45, 7) is 2.67. The fraction of sp³-hybridized carbons (Fsp3) is 0.857. The molecule has 0 heterocycles. The lowest BCUT2D eigenvalue weighted by atomic mass is 9.95. The van der Waals surface area contributed by atoms with Crippen LogP contribution in [0, 0.1) is 11.8 Å². The lowest BCUT2D eigenvalue weighted by Gasteiger charge is -2.32. The Hall–Kier alpha value is -0.640. The summed E-state index contributed by atoms with van der Waals surface area (Å²) in [7, 11) is 0. The van der Waals surface area contributed by atoms with E-state index in [1.807, 2.05) is 4.90 Å². The second-order valence-corrected chi connectivity index (χ2v) is 6.41. The summed E-state index contributed by atoms with van der Waals surface area (Å²) in [5.41, 5.74) is 5.67. The van der Waals surface area contributed by atoms with Gasteiger partial charge in [-0.15, -0.1) is 0 Å². The summed E-state index contributed by atoms with van der Waals surface area (Å²) in [6.07, 6.45) is 8.11. The molecule has 2 aliphatic carbocycles. The molecule has 2 rings (SSSR count). The number of hydrogen-bond donors (Lipinski definition) is 1. The molecule has 2 aliphatic rings. The van der Waals surface area contributed by atoms with Crippen LogP contribution in [0.5, 0.6) is 0 Å². The van der Waals surface area contributed by atoms with Gasteiger partial charge in [0.2, 0.25) is 5.91 Å². The number of carbonyl (C=O) groups is 1. The normalized spacial score (nSPS) is 28.5. The van der Waals surface area contributed by atoms with Crippen LogP contribution in [-0.4, -0.2) is 28.4 Å². The maximum atomic E-state index is 12.7. The van der Waals surface area contributed by atoms with E-state index in [-0.39, 0.29) is 5.92 Å². The van der Waals surface area contributed by atoms with E-state index in [0.29, 0.717) is 29.4 Å². The third-order valence-corrected chi connectivity index (χ3v) is 4.68. The third kappa shape index (κ3) is 3.02. The number of carbonyl (C=O) groups excluding carboxylic acids is 1. The molecule has 0 radical (unpaired) electrons. The van der Waals surface area contributed by atoms with Crippen molar-refractivity contribution in [1.82, 2.24) is 4.90 Å². The first kappa shape index (κ1) is 13.8. The molecule has 4 heteroatoms.